The highest BCUT2D eigenvalue weighted by Crippen LogP contribution is 2.20. The Balaban J connectivity index is 1.71. The molecule has 3 rings (SSSR count). The van der Waals surface area contributed by atoms with E-state index >= 15 is 0 Å². The van der Waals surface area contributed by atoms with Gasteiger partial charge in [0.1, 0.15) is 5.82 Å². The van der Waals surface area contributed by atoms with Gasteiger partial charge in [0.2, 0.25) is 10.0 Å². The number of halogens is 1. The minimum atomic E-state index is -3.61. The molecule has 6 nitrogen and oxygen atoms in total. The van der Waals surface area contributed by atoms with Gasteiger partial charge in [0.15, 0.2) is 0 Å². The number of hydrogen-bond acceptors (Lipinski definition) is 4. The molecule has 0 saturated carbocycles. The zero-order valence-electron chi connectivity index (χ0n) is 16.7. The van der Waals surface area contributed by atoms with Crippen molar-refractivity contribution in [2.24, 2.45) is 0 Å². The number of benzene rings is 2. The van der Waals surface area contributed by atoms with E-state index in [0.29, 0.717) is 44.8 Å². The number of sulfonamides is 1. The molecule has 0 N–H and O–H groups in total. The molecular formula is C21H26FN3O3S. The van der Waals surface area contributed by atoms with Gasteiger partial charge in [-0.2, -0.15) is 4.31 Å². The van der Waals surface area contributed by atoms with E-state index in [0.717, 1.165) is 5.69 Å². The molecule has 1 aliphatic rings. The van der Waals surface area contributed by atoms with Gasteiger partial charge in [0, 0.05) is 50.5 Å². The maximum atomic E-state index is 13.1. The lowest BCUT2D eigenvalue weighted by Crippen LogP contribution is -2.48. The minimum absolute atomic E-state index is 0.136. The number of rotatable bonds is 6. The first kappa shape index (κ1) is 21.3. The second-order valence-corrected chi connectivity index (χ2v) is 8.81. The van der Waals surface area contributed by atoms with Crippen LogP contribution < -0.4 is 4.90 Å². The Morgan fingerprint density at radius 3 is 2.21 bits per heavy atom. The highest BCUT2D eigenvalue weighted by molar-refractivity contribution is 7.89. The number of nitrogens with zero attached hydrogens (tertiary/aromatic N) is 3. The van der Waals surface area contributed by atoms with Gasteiger partial charge in [-0.25, -0.2) is 12.8 Å². The summed E-state index contributed by atoms with van der Waals surface area (Å²) in [5, 5.41) is 0. The predicted octanol–water partition coefficient (Wildman–Crippen LogP) is 2.82. The van der Waals surface area contributed by atoms with Gasteiger partial charge < -0.3 is 9.80 Å². The van der Waals surface area contributed by atoms with Gasteiger partial charge in [-0.05, 0) is 42.5 Å². The van der Waals surface area contributed by atoms with Crippen LogP contribution in [0.2, 0.25) is 0 Å². The Bertz CT molecular complexity index is 951. The second-order valence-electron chi connectivity index (χ2n) is 6.87. The molecule has 156 valence electrons. The molecule has 0 bridgehead atoms. The molecule has 1 heterocycles. The topological polar surface area (TPSA) is 60.9 Å². The van der Waals surface area contributed by atoms with Gasteiger partial charge in [-0.15, -0.1) is 0 Å². The van der Waals surface area contributed by atoms with Crippen molar-refractivity contribution in [2.75, 3.05) is 44.2 Å². The molecule has 0 atom stereocenters. The Morgan fingerprint density at radius 1 is 1.00 bits per heavy atom. The summed E-state index contributed by atoms with van der Waals surface area (Å²) in [5.41, 5.74) is 1.29. The van der Waals surface area contributed by atoms with Gasteiger partial charge >= 0.3 is 0 Å². The molecule has 0 aliphatic carbocycles. The van der Waals surface area contributed by atoms with E-state index in [4.69, 9.17) is 0 Å². The van der Waals surface area contributed by atoms with Crippen LogP contribution in [0, 0.1) is 5.82 Å². The van der Waals surface area contributed by atoms with E-state index < -0.39 is 10.0 Å². The highest BCUT2D eigenvalue weighted by atomic mass is 32.2. The number of amides is 1. The first-order valence-electron chi connectivity index (χ1n) is 9.76. The van der Waals surface area contributed by atoms with Crippen LogP contribution in [0.1, 0.15) is 24.2 Å². The van der Waals surface area contributed by atoms with Crippen LogP contribution in [0.3, 0.4) is 0 Å². The van der Waals surface area contributed by atoms with Crippen molar-refractivity contribution in [2.45, 2.75) is 18.7 Å². The second kappa shape index (κ2) is 8.92. The van der Waals surface area contributed by atoms with E-state index in [9.17, 15) is 17.6 Å². The highest BCUT2D eigenvalue weighted by Gasteiger charge is 2.25. The fourth-order valence-electron chi connectivity index (χ4n) is 3.50. The average molecular weight is 420 g/mol. The maximum absolute atomic E-state index is 13.1. The Labute approximate surface area is 171 Å². The Hall–Kier alpha value is -2.45. The Kier molecular flexibility index (Phi) is 6.54. The van der Waals surface area contributed by atoms with Gasteiger partial charge in [0.05, 0.1) is 4.90 Å². The molecule has 2 aromatic rings. The number of carbonyl (C=O) groups is 1. The van der Waals surface area contributed by atoms with E-state index in [1.807, 2.05) is 0 Å². The lowest BCUT2D eigenvalue weighted by Gasteiger charge is -2.36. The molecule has 2 aromatic carbocycles. The molecule has 0 unspecified atom stereocenters. The summed E-state index contributed by atoms with van der Waals surface area (Å²) < 4.78 is 40.0. The van der Waals surface area contributed by atoms with Crippen molar-refractivity contribution < 1.29 is 17.6 Å². The van der Waals surface area contributed by atoms with E-state index in [1.165, 1.54) is 28.6 Å². The summed E-state index contributed by atoms with van der Waals surface area (Å²) in [4.78, 5) is 16.9. The largest absolute Gasteiger partial charge is 0.368 e. The van der Waals surface area contributed by atoms with Crippen LogP contribution in [-0.4, -0.2) is 62.8 Å². The normalized spacial score (nSPS) is 15.0. The van der Waals surface area contributed by atoms with Crippen molar-refractivity contribution >= 4 is 21.6 Å². The van der Waals surface area contributed by atoms with Gasteiger partial charge in [0.25, 0.3) is 5.91 Å². The van der Waals surface area contributed by atoms with Gasteiger partial charge in [-0.3, -0.25) is 4.79 Å². The third kappa shape index (κ3) is 4.59. The summed E-state index contributed by atoms with van der Waals surface area (Å²) >= 11 is 0. The number of hydrogen-bond donors (Lipinski definition) is 0. The van der Waals surface area contributed by atoms with Crippen LogP contribution in [0.15, 0.2) is 53.4 Å². The molecular weight excluding hydrogens is 393 g/mol. The van der Waals surface area contributed by atoms with E-state index in [2.05, 4.69) is 4.90 Å². The van der Waals surface area contributed by atoms with Crippen molar-refractivity contribution in [1.29, 1.82) is 0 Å². The molecule has 0 radical (unpaired) electrons. The van der Waals surface area contributed by atoms with Crippen molar-refractivity contribution in [3.8, 4) is 0 Å². The first-order chi connectivity index (χ1) is 13.9. The third-order valence-corrected chi connectivity index (χ3v) is 7.23. The average Bonchev–Trinajstić information content (AvgIpc) is 2.75. The van der Waals surface area contributed by atoms with Crippen LogP contribution in [0.5, 0.6) is 0 Å². The molecule has 0 spiro atoms. The molecule has 1 aliphatic heterocycles. The zero-order chi connectivity index (χ0) is 21.0. The summed E-state index contributed by atoms with van der Waals surface area (Å²) in [7, 11) is -3.61. The molecule has 1 saturated heterocycles. The van der Waals surface area contributed by atoms with Crippen LogP contribution in [-0.2, 0) is 10.0 Å². The maximum Gasteiger partial charge on any atom is 0.254 e. The molecule has 8 heteroatoms. The quantitative estimate of drug-likeness (QED) is 0.723. The van der Waals surface area contributed by atoms with Crippen LogP contribution in [0.25, 0.3) is 0 Å². The number of piperazine rings is 1. The number of anilines is 1. The summed E-state index contributed by atoms with van der Waals surface area (Å²) in [6.45, 7) is 6.63. The third-order valence-electron chi connectivity index (χ3n) is 5.18. The fraction of sp³-hybridized carbons (Fsp3) is 0.381. The van der Waals surface area contributed by atoms with Crippen molar-refractivity contribution in [1.82, 2.24) is 9.21 Å². The molecule has 1 amide bonds. The van der Waals surface area contributed by atoms with Crippen LogP contribution in [0.4, 0.5) is 10.1 Å². The van der Waals surface area contributed by atoms with Crippen molar-refractivity contribution in [3.05, 3.63) is 59.9 Å². The van der Waals surface area contributed by atoms with Crippen molar-refractivity contribution in [3.63, 3.8) is 0 Å². The van der Waals surface area contributed by atoms with E-state index in [1.54, 1.807) is 43.0 Å². The standard InChI is InChI=1S/C21H26FN3O3S/c1-3-25(4-2)29(27,28)20-7-5-6-17(16-20)21(26)24-14-12-23(13-15-24)19-10-8-18(22)9-11-19/h5-11,16H,3-4,12-15H2,1-2H3. The molecule has 0 aromatic heterocycles. The minimum Gasteiger partial charge on any atom is -0.368 e. The first-order valence-corrected chi connectivity index (χ1v) is 11.2. The van der Waals surface area contributed by atoms with E-state index in [-0.39, 0.29) is 16.6 Å². The molecule has 29 heavy (non-hydrogen) atoms. The predicted molar refractivity (Wildman–Crippen MR) is 111 cm³/mol. The zero-order valence-corrected chi connectivity index (χ0v) is 17.5. The van der Waals surface area contributed by atoms with Gasteiger partial charge in [-0.1, -0.05) is 19.9 Å². The number of carbonyl (C=O) groups excluding carboxylic acids is 1. The monoisotopic (exact) mass is 419 g/mol. The summed E-state index contributed by atoms with van der Waals surface area (Å²) in [6, 6.07) is 12.6. The SMILES string of the molecule is CCN(CC)S(=O)(=O)c1cccc(C(=O)N2CCN(c3ccc(F)cc3)CC2)c1. The fourth-order valence-corrected chi connectivity index (χ4v) is 5.01. The summed E-state index contributed by atoms with van der Waals surface area (Å²) in [6.07, 6.45) is 0. The Morgan fingerprint density at radius 2 is 1.62 bits per heavy atom. The van der Waals surface area contributed by atoms with Crippen LogP contribution >= 0.6 is 0 Å². The lowest BCUT2D eigenvalue weighted by atomic mass is 10.1. The smallest absolute Gasteiger partial charge is 0.254 e. The summed E-state index contributed by atoms with van der Waals surface area (Å²) in [5.74, 6) is -0.456. The molecule has 1 fully saturated rings. The lowest BCUT2D eigenvalue weighted by molar-refractivity contribution is 0.0746.